The summed E-state index contributed by atoms with van der Waals surface area (Å²) in [7, 11) is -2.02. The summed E-state index contributed by atoms with van der Waals surface area (Å²) in [5.74, 6) is -0.502. The number of benzene rings is 3. The fourth-order valence-corrected chi connectivity index (χ4v) is 5.64. The number of halogens is 1. The van der Waals surface area contributed by atoms with Crippen molar-refractivity contribution in [2.75, 3.05) is 24.2 Å². The van der Waals surface area contributed by atoms with Crippen LogP contribution in [0.3, 0.4) is 0 Å². The van der Waals surface area contributed by atoms with Crippen LogP contribution in [0.25, 0.3) is 0 Å². The molecule has 0 radical (unpaired) electrons. The molecule has 39 heavy (non-hydrogen) atoms. The van der Waals surface area contributed by atoms with Gasteiger partial charge in [-0.2, -0.15) is 0 Å². The number of nitrogens with zero attached hydrogens (tertiary/aromatic N) is 2. The molecule has 0 heterocycles. The molecule has 7 nitrogen and oxygen atoms in total. The lowest BCUT2D eigenvalue weighted by atomic mass is 10.0. The highest BCUT2D eigenvalue weighted by Crippen LogP contribution is 2.26. The van der Waals surface area contributed by atoms with Crippen molar-refractivity contribution in [1.82, 2.24) is 10.2 Å². The molecular weight excluding hydrogens is 534 g/mol. The van der Waals surface area contributed by atoms with Crippen molar-refractivity contribution in [1.29, 1.82) is 0 Å². The van der Waals surface area contributed by atoms with Crippen LogP contribution in [-0.2, 0) is 32.6 Å². The largest absolute Gasteiger partial charge is 0.357 e. The van der Waals surface area contributed by atoms with E-state index in [1.165, 1.54) is 10.6 Å². The third-order valence-electron chi connectivity index (χ3n) is 6.78. The summed E-state index contributed by atoms with van der Waals surface area (Å²) in [5, 5.41) is 3.28. The van der Waals surface area contributed by atoms with Crippen LogP contribution in [0.1, 0.15) is 35.1 Å². The van der Waals surface area contributed by atoms with Gasteiger partial charge in [0.25, 0.3) is 0 Å². The van der Waals surface area contributed by atoms with Crippen molar-refractivity contribution in [3.63, 3.8) is 0 Å². The summed E-state index contributed by atoms with van der Waals surface area (Å²) in [6, 6.07) is 21.5. The van der Waals surface area contributed by atoms with Crippen LogP contribution in [0.2, 0.25) is 5.02 Å². The van der Waals surface area contributed by atoms with E-state index < -0.39 is 16.1 Å². The van der Waals surface area contributed by atoms with E-state index in [4.69, 9.17) is 11.6 Å². The second-order valence-corrected chi connectivity index (χ2v) is 12.0. The van der Waals surface area contributed by atoms with Gasteiger partial charge in [-0.1, -0.05) is 66.2 Å². The van der Waals surface area contributed by atoms with Gasteiger partial charge in [-0.25, -0.2) is 8.42 Å². The van der Waals surface area contributed by atoms with Gasteiger partial charge in [0, 0.05) is 38.0 Å². The lowest BCUT2D eigenvalue weighted by Crippen LogP contribution is -2.49. The molecular formula is C30H36ClN3O4S. The van der Waals surface area contributed by atoms with Gasteiger partial charge in [-0.15, -0.1) is 0 Å². The van der Waals surface area contributed by atoms with Crippen LogP contribution in [0.4, 0.5) is 5.69 Å². The van der Waals surface area contributed by atoms with Crippen LogP contribution in [0.5, 0.6) is 0 Å². The Bertz CT molecular complexity index is 1380. The van der Waals surface area contributed by atoms with Gasteiger partial charge in [0.05, 0.1) is 11.9 Å². The summed E-state index contributed by atoms with van der Waals surface area (Å²) in [6.45, 7) is 4.18. The molecule has 1 atom stereocenters. The second kappa shape index (κ2) is 13.6. The number of carbonyl (C=O) groups is 2. The summed E-state index contributed by atoms with van der Waals surface area (Å²) < 4.78 is 26.7. The number of hydrogen-bond acceptors (Lipinski definition) is 4. The Hall–Kier alpha value is -3.36. The molecule has 1 N–H and O–H groups in total. The zero-order valence-corrected chi connectivity index (χ0v) is 24.4. The molecule has 3 aromatic carbocycles. The zero-order valence-electron chi connectivity index (χ0n) is 22.9. The van der Waals surface area contributed by atoms with Crippen molar-refractivity contribution in [3.8, 4) is 0 Å². The summed E-state index contributed by atoms with van der Waals surface area (Å²) >= 11 is 6.06. The van der Waals surface area contributed by atoms with Gasteiger partial charge in [0.2, 0.25) is 21.8 Å². The summed E-state index contributed by atoms with van der Waals surface area (Å²) in [4.78, 5) is 28.3. The smallest absolute Gasteiger partial charge is 0.242 e. The Kier molecular flexibility index (Phi) is 10.5. The predicted molar refractivity (Wildman–Crippen MR) is 157 cm³/mol. The molecule has 0 aromatic heterocycles. The molecule has 0 aliphatic rings. The number of amides is 2. The molecule has 3 rings (SSSR count). The van der Waals surface area contributed by atoms with Crippen LogP contribution in [-0.4, -0.2) is 51.0 Å². The summed E-state index contributed by atoms with van der Waals surface area (Å²) in [6.07, 6.45) is 1.89. The van der Waals surface area contributed by atoms with Crippen molar-refractivity contribution >= 4 is 39.1 Å². The first kappa shape index (κ1) is 30.2. The molecule has 0 bridgehead atoms. The standard InChI is InChI=1S/C30H36ClN3O4S/c1-22-10-8-13-27(23(22)2)34(39(4,37)38)19-9-14-29(35)33(21-25-15-17-26(31)18-16-25)28(30(36)32-3)20-24-11-6-5-7-12-24/h5-8,10-13,15-18,28H,9,14,19-21H2,1-4H3,(H,32,36)/t28-/m0/s1. The van der Waals surface area contributed by atoms with Gasteiger partial charge in [0.1, 0.15) is 6.04 Å². The molecule has 208 valence electrons. The highest BCUT2D eigenvalue weighted by atomic mass is 35.5. The maximum atomic E-state index is 13.7. The molecule has 9 heteroatoms. The molecule has 3 aromatic rings. The first-order valence-corrected chi connectivity index (χ1v) is 15.1. The van der Waals surface area contributed by atoms with Gasteiger partial charge in [-0.05, 0) is 60.7 Å². The van der Waals surface area contributed by atoms with Crippen LogP contribution in [0.15, 0.2) is 72.8 Å². The third-order valence-corrected chi connectivity index (χ3v) is 8.21. The van der Waals surface area contributed by atoms with E-state index in [0.717, 1.165) is 22.3 Å². The Morgan fingerprint density at radius 2 is 1.59 bits per heavy atom. The summed E-state index contributed by atoms with van der Waals surface area (Å²) in [5.41, 5.74) is 4.23. The lowest BCUT2D eigenvalue weighted by Gasteiger charge is -2.32. The molecule has 2 amide bonds. The SMILES string of the molecule is CNC(=O)[C@H](Cc1ccccc1)N(Cc1ccc(Cl)cc1)C(=O)CCCN(c1cccc(C)c1C)S(C)(=O)=O. The average Bonchev–Trinajstić information content (AvgIpc) is 2.91. The zero-order chi connectivity index (χ0) is 28.6. The van der Waals surface area contributed by atoms with Crippen LogP contribution < -0.4 is 9.62 Å². The molecule has 0 unspecified atom stereocenters. The molecule has 0 saturated heterocycles. The maximum absolute atomic E-state index is 13.7. The number of rotatable bonds is 12. The van der Waals surface area contributed by atoms with Crippen molar-refractivity contribution < 1.29 is 18.0 Å². The fourth-order valence-electron chi connectivity index (χ4n) is 4.50. The van der Waals surface area contributed by atoms with Gasteiger partial charge in [-0.3, -0.25) is 13.9 Å². The fraction of sp³-hybridized carbons (Fsp3) is 0.333. The van der Waals surface area contributed by atoms with E-state index in [-0.39, 0.29) is 31.3 Å². The topological polar surface area (TPSA) is 86.8 Å². The minimum absolute atomic E-state index is 0.0761. The minimum atomic E-state index is -3.57. The number of anilines is 1. The van der Waals surface area contributed by atoms with Crippen molar-refractivity contribution in [2.24, 2.45) is 0 Å². The minimum Gasteiger partial charge on any atom is -0.357 e. The van der Waals surface area contributed by atoms with Crippen LogP contribution >= 0.6 is 11.6 Å². The van der Waals surface area contributed by atoms with Crippen molar-refractivity contribution in [3.05, 3.63) is 100 Å². The van der Waals surface area contributed by atoms with E-state index in [0.29, 0.717) is 23.6 Å². The third kappa shape index (κ3) is 8.31. The number of nitrogens with one attached hydrogen (secondary N) is 1. The lowest BCUT2D eigenvalue weighted by molar-refractivity contribution is -0.141. The Morgan fingerprint density at radius 3 is 2.21 bits per heavy atom. The first-order chi connectivity index (χ1) is 18.5. The van der Waals surface area contributed by atoms with E-state index in [9.17, 15) is 18.0 Å². The van der Waals surface area contributed by atoms with E-state index in [1.807, 2.05) is 68.4 Å². The van der Waals surface area contributed by atoms with Crippen LogP contribution in [0, 0.1) is 13.8 Å². The average molecular weight is 570 g/mol. The van der Waals surface area contributed by atoms with Gasteiger partial charge in [0.15, 0.2) is 0 Å². The predicted octanol–water partition coefficient (Wildman–Crippen LogP) is 4.89. The van der Waals surface area contributed by atoms with E-state index >= 15 is 0 Å². The van der Waals surface area contributed by atoms with Gasteiger partial charge < -0.3 is 10.2 Å². The second-order valence-electron chi connectivity index (χ2n) is 9.63. The number of sulfonamides is 1. The highest BCUT2D eigenvalue weighted by molar-refractivity contribution is 7.92. The number of hydrogen-bond donors (Lipinski definition) is 1. The molecule has 0 saturated carbocycles. The van der Waals surface area contributed by atoms with Gasteiger partial charge >= 0.3 is 0 Å². The van der Waals surface area contributed by atoms with Crippen molar-refractivity contribution in [2.45, 2.75) is 45.7 Å². The molecule has 0 spiro atoms. The van der Waals surface area contributed by atoms with E-state index in [1.54, 1.807) is 30.1 Å². The Morgan fingerprint density at radius 1 is 0.923 bits per heavy atom. The Balaban J connectivity index is 1.86. The van der Waals surface area contributed by atoms with E-state index in [2.05, 4.69) is 5.32 Å². The quantitative estimate of drug-likeness (QED) is 0.336. The monoisotopic (exact) mass is 569 g/mol. The number of carbonyl (C=O) groups excluding carboxylic acids is 2. The molecule has 0 fully saturated rings. The molecule has 0 aliphatic carbocycles. The highest BCUT2D eigenvalue weighted by Gasteiger charge is 2.30. The number of likely N-dealkylation sites (N-methyl/N-ethyl adjacent to an activating group) is 1. The number of aryl methyl sites for hydroxylation is 1. The Labute approximate surface area is 236 Å². The normalized spacial score (nSPS) is 12.0. The maximum Gasteiger partial charge on any atom is 0.242 e. The first-order valence-electron chi connectivity index (χ1n) is 12.8. The molecule has 0 aliphatic heterocycles.